The topological polar surface area (TPSA) is 129 Å². The van der Waals surface area contributed by atoms with Crippen molar-refractivity contribution in [2.24, 2.45) is 0 Å². The van der Waals surface area contributed by atoms with Gasteiger partial charge in [0.25, 0.3) is 16.5 Å². The van der Waals surface area contributed by atoms with Gasteiger partial charge in [-0.1, -0.05) is 0 Å². The van der Waals surface area contributed by atoms with E-state index in [9.17, 15) is 26.8 Å². The Hall–Kier alpha value is -2.07. The standard InChI is InChI=1S/C10H8F2O7S/c11-8(12)7(20(17,18)19)4-1-5(9(13)14)3-6(2-4)10(15)16/h1-3,7-8H,(H,13,14)(H,15,16)(H,17,18,19). The van der Waals surface area contributed by atoms with Crippen LogP contribution in [-0.4, -0.2) is 41.5 Å². The van der Waals surface area contributed by atoms with Crippen molar-refractivity contribution in [1.82, 2.24) is 0 Å². The van der Waals surface area contributed by atoms with E-state index in [1.165, 1.54) is 0 Å². The summed E-state index contributed by atoms with van der Waals surface area (Å²) in [6.07, 6.45) is -3.56. The van der Waals surface area contributed by atoms with Gasteiger partial charge in [0.15, 0.2) is 5.25 Å². The Labute approximate surface area is 111 Å². The van der Waals surface area contributed by atoms with Gasteiger partial charge in [0.05, 0.1) is 11.1 Å². The van der Waals surface area contributed by atoms with Crippen molar-refractivity contribution < 1.29 is 41.6 Å². The SMILES string of the molecule is O=C(O)c1cc(C(=O)O)cc(C(C(F)F)S(=O)(=O)O)c1. The van der Waals surface area contributed by atoms with Crippen LogP contribution in [0.5, 0.6) is 0 Å². The predicted octanol–water partition coefficient (Wildman–Crippen LogP) is 1.28. The number of halogens is 2. The number of carboxylic acid groups (broad SMARTS) is 2. The van der Waals surface area contributed by atoms with Gasteiger partial charge in [-0.05, 0) is 23.8 Å². The highest BCUT2D eigenvalue weighted by Gasteiger charge is 2.35. The van der Waals surface area contributed by atoms with E-state index >= 15 is 0 Å². The molecule has 0 amide bonds. The normalized spacial score (nSPS) is 13.2. The summed E-state index contributed by atoms with van der Waals surface area (Å²) in [6.45, 7) is 0. The van der Waals surface area contributed by atoms with E-state index in [0.29, 0.717) is 18.2 Å². The number of alkyl halides is 2. The minimum absolute atomic E-state index is 0.569. The molecular weight excluding hydrogens is 302 g/mol. The van der Waals surface area contributed by atoms with E-state index < -0.39 is 50.4 Å². The summed E-state index contributed by atoms with van der Waals surface area (Å²) in [5.74, 6) is -3.25. The number of rotatable bonds is 5. The Morgan fingerprint density at radius 2 is 1.40 bits per heavy atom. The second kappa shape index (κ2) is 5.51. The van der Waals surface area contributed by atoms with Crippen molar-refractivity contribution in [3.8, 4) is 0 Å². The summed E-state index contributed by atoms with van der Waals surface area (Å²) in [6, 6.07) is 1.82. The molecule has 3 N–H and O–H groups in total. The van der Waals surface area contributed by atoms with Crippen LogP contribution in [0.3, 0.4) is 0 Å². The van der Waals surface area contributed by atoms with Crippen molar-refractivity contribution in [1.29, 1.82) is 0 Å². The van der Waals surface area contributed by atoms with Crippen molar-refractivity contribution in [3.05, 3.63) is 34.9 Å². The number of aromatic carboxylic acids is 2. The molecule has 110 valence electrons. The maximum atomic E-state index is 12.7. The highest BCUT2D eigenvalue weighted by molar-refractivity contribution is 7.86. The lowest BCUT2D eigenvalue weighted by atomic mass is 10.0. The molecule has 0 fully saturated rings. The fourth-order valence-electron chi connectivity index (χ4n) is 1.51. The first-order chi connectivity index (χ1) is 9.04. The van der Waals surface area contributed by atoms with Crippen LogP contribution in [0.4, 0.5) is 8.78 Å². The molecule has 0 heterocycles. The molecule has 1 rings (SSSR count). The number of carboxylic acids is 2. The minimum atomic E-state index is -5.24. The molecule has 0 aromatic heterocycles. The van der Waals surface area contributed by atoms with E-state index in [1.54, 1.807) is 0 Å². The molecule has 1 atom stereocenters. The molecule has 0 aliphatic heterocycles. The molecule has 1 aromatic rings. The zero-order valence-corrected chi connectivity index (χ0v) is 10.3. The van der Waals surface area contributed by atoms with Crippen LogP contribution >= 0.6 is 0 Å². The second-order valence-corrected chi connectivity index (χ2v) is 5.26. The van der Waals surface area contributed by atoms with Crippen molar-refractivity contribution >= 4 is 22.1 Å². The monoisotopic (exact) mass is 310 g/mol. The molecule has 20 heavy (non-hydrogen) atoms. The molecule has 7 nitrogen and oxygen atoms in total. The first-order valence-electron chi connectivity index (χ1n) is 4.90. The molecule has 10 heteroatoms. The van der Waals surface area contributed by atoms with Crippen LogP contribution in [0.2, 0.25) is 0 Å². The number of hydrogen-bond donors (Lipinski definition) is 3. The van der Waals surface area contributed by atoms with Crippen LogP contribution in [0.25, 0.3) is 0 Å². The quantitative estimate of drug-likeness (QED) is 0.698. The predicted molar refractivity (Wildman–Crippen MR) is 60.7 cm³/mol. The van der Waals surface area contributed by atoms with Gasteiger partial charge in [0, 0.05) is 0 Å². The smallest absolute Gasteiger partial charge is 0.335 e. The number of benzene rings is 1. The lowest BCUT2D eigenvalue weighted by Gasteiger charge is -2.14. The van der Waals surface area contributed by atoms with Gasteiger partial charge in [-0.3, -0.25) is 4.55 Å². The van der Waals surface area contributed by atoms with Crippen LogP contribution in [-0.2, 0) is 10.1 Å². The summed E-state index contributed by atoms with van der Waals surface area (Å²) < 4.78 is 56.0. The molecule has 0 radical (unpaired) electrons. The van der Waals surface area contributed by atoms with Gasteiger partial charge in [0.2, 0.25) is 0 Å². The molecular formula is C10H8F2O7S. The Balaban J connectivity index is 3.57. The van der Waals surface area contributed by atoms with Gasteiger partial charge >= 0.3 is 11.9 Å². The highest BCUT2D eigenvalue weighted by Crippen LogP contribution is 2.30. The maximum Gasteiger partial charge on any atom is 0.335 e. The minimum Gasteiger partial charge on any atom is -0.478 e. The van der Waals surface area contributed by atoms with Gasteiger partial charge < -0.3 is 10.2 Å². The van der Waals surface area contributed by atoms with Crippen molar-refractivity contribution in [2.45, 2.75) is 11.7 Å². The average Bonchev–Trinajstić information content (AvgIpc) is 2.25. The Morgan fingerprint density at radius 3 is 1.65 bits per heavy atom. The van der Waals surface area contributed by atoms with Crippen LogP contribution in [0.1, 0.15) is 31.5 Å². The fourth-order valence-corrected chi connectivity index (χ4v) is 2.25. The highest BCUT2D eigenvalue weighted by atomic mass is 32.2. The summed E-state index contributed by atoms with van der Waals surface area (Å²) in [5, 5.41) is 14.8. The van der Waals surface area contributed by atoms with Crippen molar-refractivity contribution in [2.75, 3.05) is 0 Å². The maximum absolute atomic E-state index is 12.7. The molecule has 0 spiro atoms. The number of carbonyl (C=O) groups is 2. The van der Waals surface area contributed by atoms with Gasteiger partial charge in [-0.15, -0.1) is 0 Å². The Morgan fingerprint density at radius 1 is 1.00 bits per heavy atom. The lowest BCUT2D eigenvalue weighted by Crippen LogP contribution is -2.21. The Bertz CT molecular complexity index is 621. The second-order valence-electron chi connectivity index (χ2n) is 3.72. The molecule has 0 saturated heterocycles. The van der Waals surface area contributed by atoms with Crippen LogP contribution < -0.4 is 0 Å². The van der Waals surface area contributed by atoms with E-state index in [-0.39, 0.29) is 0 Å². The summed E-state index contributed by atoms with van der Waals surface area (Å²) in [7, 11) is -5.24. The first-order valence-corrected chi connectivity index (χ1v) is 6.40. The molecule has 1 unspecified atom stereocenters. The first kappa shape index (κ1) is 16.0. The van der Waals surface area contributed by atoms with Gasteiger partial charge in [-0.2, -0.15) is 8.42 Å². The third-order valence-corrected chi connectivity index (χ3v) is 3.45. The molecule has 0 aliphatic rings. The third kappa shape index (κ3) is 3.48. The molecule has 1 aromatic carbocycles. The van der Waals surface area contributed by atoms with E-state index in [2.05, 4.69) is 0 Å². The summed E-state index contributed by atoms with van der Waals surface area (Å²) in [5.41, 5.74) is -2.19. The van der Waals surface area contributed by atoms with Gasteiger partial charge in [0.1, 0.15) is 0 Å². The molecule has 0 aliphatic carbocycles. The fraction of sp³-hybridized carbons (Fsp3) is 0.200. The van der Waals surface area contributed by atoms with Crippen LogP contribution in [0.15, 0.2) is 18.2 Å². The van der Waals surface area contributed by atoms with Gasteiger partial charge in [-0.25, -0.2) is 18.4 Å². The lowest BCUT2D eigenvalue weighted by molar-refractivity contribution is 0.0696. The van der Waals surface area contributed by atoms with E-state index in [4.69, 9.17) is 14.8 Å². The zero-order chi connectivity index (χ0) is 15.7. The molecule has 0 bridgehead atoms. The third-order valence-electron chi connectivity index (χ3n) is 2.33. The van der Waals surface area contributed by atoms with E-state index in [1.807, 2.05) is 0 Å². The zero-order valence-electron chi connectivity index (χ0n) is 9.53. The summed E-state index contributed by atoms with van der Waals surface area (Å²) >= 11 is 0. The summed E-state index contributed by atoms with van der Waals surface area (Å²) in [4.78, 5) is 21.6. The molecule has 0 saturated carbocycles. The largest absolute Gasteiger partial charge is 0.478 e. The number of hydrogen-bond acceptors (Lipinski definition) is 4. The Kier molecular flexibility index (Phi) is 4.40. The average molecular weight is 310 g/mol. The van der Waals surface area contributed by atoms with Crippen molar-refractivity contribution in [3.63, 3.8) is 0 Å². The van der Waals surface area contributed by atoms with E-state index in [0.717, 1.165) is 0 Å². The van der Waals surface area contributed by atoms with Crippen LogP contribution in [0, 0.1) is 0 Å².